The van der Waals surface area contributed by atoms with E-state index in [1.807, 2.05) is 79.7 Å². The van der Waals surface area contributed by atoms with E-state index >= 15 is 0 Å². The van der Waals surface area contributed by atoms with Crippen LogP contribution in [0, 0.1) is 31.4 Å². The van der Waals surface area contributed by atoms with Gasteiger partial charge in [-0.25, -0.2) is 4.85 Å². The van der Waals surface area contributed by atoms with Crippen molar-refractivity contribution in [2.75, 3.05) is 26.4 Å². The molecule has 0 aliphatic carbocycles. The summed E-state index contributed by atoms with van der Waals surface area (Å²) in [5, 5.41) is 9.33. The van der Waals surface area contributed by atoms with Gasteiger partial charge < -0.3 is 23.7 Å². The van der Waals surface area contributed by atoms with Gasteiger partial charge in [-0.1, -0.05) is 88.4 Å². The average molecular weight is 768 g/mol. The minimum Gasteiger partial charge on any atom is -0.491 e. The fourth-order valence-electron chi connectivity index (χ4n) is 6.50. The van der Waals surface area contributed by atoms with Crippen LogP contribution < -0.4 is 18.9 Å². The predicted octanol–water partition coefficient (Wildman–Crippen LogP) is 12.7. The first-order valence-corrected chi connectivity index (χ1v) is 19.0. The molecule has 0 saturated heterocycles. The summed E-state index contributed by atoms with van der Waals surface area (Å²) in [6.45, 7) is 26.9. The van der Waals surface area contributed by atoms with Crippen LogP contribution in [-0.4, -0.2) is 26.4 Å². The van der Waals surface area contributed by atoms with Crippen LogP contribution in [0.3, 0.4) is 0 Å². The Morgan fingerprint density at radius 2 is 0.862 bits per heavy atom. The minimum atomic E-state index is -0.262. The van der Waals surface area contributed by atoms with Crippen molar-refractivity contribution in [1.29, 1.82) is 5.26 Å². The summed E-state index contributed by atoms with van der Waals surface area (Å²) in [5.74, 6) is 4.09. The van der Waals surface area contributed by atoms with Crippen molar-refractivity contribution in [2.24, 2.45) is 0 Å². The van der Waals surface area contributed by atoms with Crippen molar-refractivity contribution in [3.05, 3.63) is 190 Å². The third-order valence-electron chi connectivity index (χ3n) is 10.3. The molecule has 290 valence electrons. The molecule has 0 aliphatic heterocycles. The molecule has 0 unspecified atom stereocenters. The van der Waals surface area contributed by atoms with Gasteiger partial charge in [0.15, 0.2) is 11.4 Å². The molecule has 0 atom stereocenters. The van der Waals surface area contributed by atoms with Crippen LogP contribution in [0.4, 0.5) is 11.4 Å². The molecule has 0 aromatic heterocycles. The Labute approximate surface area is 341 Å². The summed E-state index contributed by atoms with van der Waals surface area (Å²) in [5.41, 5.74) is 6.21. The molecule has 0 bridgehead atoms. The molecule has 0 amide bonds. The summed E-state index contributed by atoms with van der Waals surface area (Å²) in [6, 6.07) is 44.9. The molecule has 58 heavy (non-hydrogen) atoms. The minimum absolute atomic E-state index is 0.237. The Morgan fingerprint density at radius 3 is 1.28 bits per heavy atom. The van der Waals surface area contributed by atoms with Gasteiger partial charge in [-0.05, 0) is 108 Å². The van der Waals surface area contributed by atoms with E-state index in [1.165, 1.54) is 0 Å². The highest BCUT2D eigenvalue weighted by atomic mass is 16.5. The predicted molar refractivity (Wildman–Crippen MR) is 227 cm³/mol. The summed E-state index contributed by atoms with van der Waals surface area (Å²) < 4.78 is 29.6. The lowest BCUT2D eigenvalue weighted by Gasteiger charge is -2.26. The zero-order chi connectivity index (χ0) is 41.1. The van der Waals surface area contributed by atoms with E-state index in [9.17, 15) is 5.26 Å². The summed E-state index contributed by atoms with van der Waals surface area (Å²) in [7, 11) is 0. The maximum Gasteiger partial charge on any atom is 0.198 e. The van der Waals surface area contributed by atoms with E-state index < -0.39 is 0 Å². The van der Waals surface area contributed by atoms with Crippen LogP contribution in [0.1, 0.15) is 61.1 Å². The SMILES string of the molecule is [C-]#[N+]c1ccc(Oc2ccc(C(C)(C)c3ccc(OCCOCCOc4ccc(C(C)(C)c5ccc(Oc6ccc(C)c(C#N)c6)cc5)cc4)cc3)cc2)cc1[N+]#[C-]. The fraction of sp³-hybridized carbons (Fsp3) is 0.220. The Balaban J connectivity index is 0.904. The summed E-state index contributed by atoms with van der Waals surface area (Å²) in [4.78, 5) is 6.81. The highest BCUT2D eigenvalue weighted by Gasteiger charge is 2.24. The van der Waals surface area contributed by atoms with Gasteiger partial charge in [-0.3, -0.25) is 4.85 Å². The zero-order valence-corrected chi connectivity index (χ0v) is 33.4. The standard InChI is InChI=1S/C50H45N3O5/c1-35-8-17-45(32-36(35)34-51)57-43-22-13-39(14-23-43)49(2,3)37-9-18-41(19-10-37)55-30-28-54-29-31-56-42-20-11-38(12-21-42)50(4,5)40-15-24-44(25-16-40)58-46-26-27-47(52-6)48(33-46)53-7/h8-27,32-33H,28-31H2,1-5H3. The smallest absolute Gasteiger partial charge is 0.198 e. The number of aryl methyl sites for hydroxylation is 1. The van der Waals surface area contributed by atoms with Crippen molar-refractivity contribution in [3.8, 4) is 40.6 Å². The number of hydrogen-bond acceptors (Lipinski definition) is 6. The first-order valence-electron chi connectivity index (χ1n) is 19.0. The lowest BCUT2D eigenvalue weighted by molar-refractivity contribution is 0.0764. The highest BCUT2D eigenvalue weighted by Crippen LogP contribution is 2.37. The normalized spacial score (nSPS) is 11.1. The monoisotopic (exact) mass is 767 g/mol. The maximum atomic E-state index is 9.33. The third kappa shape index (κ3) is 9.84. The molecule has 0 heterocycles. The molecule has 6 aromatic carbocycles. The molecular formula is C50H45N3O5. The van der Waals surface area contributed by atoms with Crippen LogP contribution >= 0.6 is 0 Å². The van der Waals surface area contributed by atoms with Crippen LogP contribution in [0.15, 0.2) is 133 Å². The first-order chi connectivity index (χ1) is 28.0. The number of rotatable bonds is 16. The van der Waals surface area contributed by atoms with Gasteiger partial charge in [0.05, 0.1) is 38.0 Å². The van der Waals surface area contributed by atoms with Gasteiger partial charge in [-0.15, -0.1) is 0 Å². The Morgan fingerprint density at radius 1 is 0.483 bits per heavy atom. The molecular weight excluding hydrogens is 723 g/mol. The van der Waals surface area contributed by atoms with Crippen molar-refractivity contribution in [1.82, 2.24) is 0 Å². The number of nitrogens with zero attached hydrogens (tertiary/aromatic N) is 3. The second-order valence-corrected chi connectivity index (χ2v) is 14.8. The van der Waals surface area contributed by atoms with Crippen LogP contribution in [0.2, 0.25) is 0 Å². The fourth-order valence-corrected chi connectivity index (χ4v) is 6.50. The Hall–Kier alpha value is -7.05. The van der Waals surface area contributed by atoms with E-state index in [1.54, 1.807) is 24.3 Å². The number of benzene rings is 6. The van der Waals surface area contributed by atoms with E-state index in [0.717, 1.165) is 39.3 Å². The number of ether oxygens (including phenoxy) is 5. The van der Waals surface area contributed by atoms with Crippen LogP contribution in [-0.2, 0) is 15.6 Å². The molecule has 8 nitrogen and oxygen atoms in total. The molecule has 0 radical (unpaired) electrons. The first kappa shape index (κ1) is 40.6. The van der Waals surface area contributed by atoms with E-state index in [4.69, 9.17) is 36.8 Å². The van der Waals surface area contributed by atoms with E-state index in [0.29, 0.717) is 60.7 Å². The molecule has 0 spiro atoms. The maximum absolute atomic E-state index is 9.33. The van der Waals surface area contributed by atoms with Crippen molar-refractivity contribution in [2.45, 2.75) is 45.4 Å². The van der Waals surface area contributed by atoms with Gasteiger partial charge >= 0.3 is 0 Å². The van der Waals surface area contributed by atoms with Gasteiger partial charge in [0.1, 0.15) is 47.7 Å². The second-order valence-electron chi connectivity index (χ2n) is 14.8. The third-order valence-corrected chi connectivity index (χ3v) is 10.3. The molecule has 8 heteroatoms. The highest BCUT2D eigenvalue weighted by molar-refractivity contribution is 5.72. The summed E-state index contributed by atoms with van der Waals surface area (Å²) in [6.07, 6.45) is 0. The van der Waals surface area contributed by atoms with Gasteiger partial charge in [0.25, 0.3) is 0 Å². The van der Waals surface area contributed by atoms with Gasteiger partial charge in [0.2, 0.25) is 0 Å². The second kappa shape index (κ2) is 18.3. The molecule has 0 saturated carbocycles. The quantitative estimate of drug-likeness (QED) is 0.0721. The van der Waals surface area contributed by atoms with Crippen LogP contribution in [0.5, 0.6) is 34.5 Å². The number of hydrogen-bond donors (Lipinski definition) is 0. The topological polar surface area (TPSA) is 78.7 Å². The lowest BCUT2D eigenvalue weighted by atomic mass is 9.78. The van der Waals surface area contributed by atoms with Crippen molar-refractivity contribution < 1.29 is 23.7 Å². The molecule has 0 aliphatic rings. The Kier molecular flexibility index (Phi) is 12.8. The van der Waals surface area contributed by atoms with E-state index in [2.05, 4.69) is 79.9 Å². The lowest BCUT2D eigenvalue weighted by Crippen LogP contribution is -2.18. The molecule has 0 N–H and O–H groups in total. The molecule has 6 rings (SSSR count). The largest absolute Gasteiger partial charge is 0.491 e. The van der Waals surface area contributed by atoms with Gasteiger partial charge in [-0.2, -0.15) is 5.26 Å². The summed E-state index contributed by atoms with van der Waals surface area (Å²) >= 11 is 0. The van der Waals surface area contributed by atoms with Gasteiger partial charge in [0, 0.05) is 10.8 Å². The van der Waals surface area contributed by atoms with Crippen molar-refractivity contribution in [3.63, 3.8) is 0 Å². The molecule has 6 aromatic rings. The zero-order valence-electron chi connectivity index (χ0n) is 33.4. The van der Waals surface area contributed by atoms with Crippen molar-refractivity contribution >= 4 is 11.4 Å². The average Bonchev–Trinajstić information content (AvgIpc) is 3.24. The Bertz CT molecular complexity index is 2450. The van der Waals surface area contributed by atoms with Crippen LogP contribution in [0.25, 0.3) is 9.69 Å². The molecule has 0 fully saturated rings. The van der Waals surface area contributed by atoms with E-state index in [-0.39, 0.29) is 16.5 Å². The number of nitriles is 1.